The van der Waals surface area contributed by atoms with Gasteiger partial charge < -0.3 is 9.47 Å². The van der Waals surface area contributed by atoms with Crippen LogP contribution in [0.2, 0.25) is 0 Å². The van der Waals surface area contributed by atoms with Crippen LogP contribution in [0.1, 0.15) is 21.5 Å². The smallest absolute Gasteiger partial charge is 0.363 e. The summed E-state index contributed by atoms with van der Waals surface area (Å²) in [6, 6.07) is 20.4. The van der Waals surface area contributed by atoms with E-state index in [1.807, 2.05) is 42.5 Å². The third-order valence-corrected chi connectivity index (χ3v) is 4.25. The van der Waals surface area contributed by atoms with Crippen molar-refractivity contribution < 1.29 is 19.1 Å². The van der Waals surface area contributed by atoms with Crippen molar-refractivity contribution in [1.29, 1.82) is 0 Å². The molecule has 0 spiro atoms. The Labute approximate surface area is 155 Å². The molecule has 3 aromatic rings. The molecule has 1 heterocycles. The molecule has 27 heavy (non-hydrogen) atoms. The fourth-order valence-electron chi connectivity index (χ4n) is 2.85. The van der Waals surface area contributed by atoms with Crippen molar-refractivity contribution in [3.8, 4) is 0 Å². The van der Waals surface area contributed by atoms with Gasteiger partial charge in [-0.25, -0.2) is 14.6 Å². The van der Waals surface area contributed by atoms with Gasteiger partial charge in [0, 0.05) is 5.56 Å². The summed E-state index contributed by atoms with van der Waals surface area (Å²) in [5.41, 5.74) is 2.13. The maximum Gasteiger partial charge on any atom is 0.363 e. The van der Waals surface area contributed by atoms with Crippen LogP contribution in [-0.2, 0) is 14.3 Å². The molecule has 4 rings (SSSR count). The Kier molecular flexibility index (Phi) is 4.26. The second-order valence-corrected chi connectivity index (χ2v) is 6.01. The molecule has 0 aliphatic carbocycles. The summed E-state index contributed by atoms with van der Waals surface area (Å²) >= 11 is 0. The van der Waals surface area contributed by atoms with Crippen molar-refractivity contribution in [2.75, 3.05) is 7.11 Å². The van der Waals surface area contributed by atoms with Crippen molar-refractivity contribution in [3.05, 3.63) is 89.1 Å². The van der Waals surface area contributed by atoms with Gasteiger partial charge in [0.05, 0.1) is 12.7 Å². The Morgan fingerprint density at radius 3 is 2.48 bits per heavy atom. The predicted octanol–water partition coefficient (Wildman–Crippen LogP) is 3.97. The quantitative estimate of drug-likeness (QED) is 0.525. The largest absolute Gasteiger partial charge is 0.465 e. The number of carbonyl (C=O) groups excluding carboxylic acids is 2. The molecule has 5 nitrogen and oxygen atoms in total. The molecule has 0 saturated heterocycles. The number of aliphatic imine (C=N–C) groups is 1. The van der Waals surface area contributed by atoms with Crippen LogP contribution in [0.3, 0.4) is 0 Å². The SMILES string of the molecule is COC(=O)c1ccc(/C=C2/N=C(c3ccc4ccccc4c3)OC2=O)cc1. The summed E-state index contributed by atoms with van der Waals surface area (Å²) in [6.45, 7) is 0. The molecule has 0 atom stereocenters. The molecule has 0 amide bonds. The van der Waals surface area contributed by atoms with Gasteiger partial charge in [-0.1, -0.05) is 42.5 Å². The van der Waals surface area contributed by atoms with Crippen LogP contribution < -0.4 is 0 Å². The summed E-state index contributed by atoms with van der Waals surface area (Å²) in [6.07, 6.45) is 1.62. The molecule has 0 unspecified atom stereocenters. The first-order valence-electron chi connectivity index (χ1n) is 8.34. The summed E-state index contributed by atoms with van der Waals surface area (Å²) in [5, 5.41) is 2.15. The molecule has 5 heteroatoms. The van der Waals surface area contributed by atoms with E-state index in [4.69, 9.17) is 4.74 Å². The van der Waals surface area contributed by atoms with Crippen LogP contribution >= 0.6 is 0 Å². The van der Waals surface area contributed by atoms with Gasteiger partial charge in [0.2, 0.25) is 5.90 Å². The molecule has 0 aromatic heterocycles. The normalized spacial score (nSPS) is 14.9. The molecule has 0 N–H and O–H groups in total. The lowest BCUT2D eigenvalue weighted by Gasteiger charge is -2.02. The van der Waals surface area contributed by atoms with Gasteiger partial charge in [-0.15, -0.1) is 0 Å². The van der Waals surface area contributed by atoms with Crippen LogP contribution in [-0.4, -0.2) is 24.9 Å². The summed E-state index contributed by atoms with van der Waals surface area (Å²) in [5.74, 6) is -0.635. The molecule has 1 aliphatic heterocycles. The first-order chi connectivity index (χ1) is 13.1. The first-order valence-corrected chi connectivity index (χ1v) is 8.34. The van der Waals surface area contributed by atoms with Crippen LogP contribution in [0.4, 0.5) is 0 Å². The Morgan fingerprint density at radius 2 is 1.74 bits per heavy atom. The molecular weight excluding hydrogens is 342 g/mol. The van der Waals surface area contributed by atoms with Crippen molar-refractivity contribution in [2.24, 2.45) is 4.99 Å². The van der Waals surface area contributed by atoms with E-state index < -0.39 is 11.9 Å². The van der Waals surface area contributed by atoms with E-state index in [0.717, 1.165) is 21.9 Å². The summed E-state index contributed by atoms with van der Waals surface area (Å²) in [4.78, 5) is 28.0. The van der Waals surface area contributed by atoms with E-state index in [2.05, 4.69) is 9.73 Å². The third-order valence-electron chi connectivity index (χ3n) is 4.25. The molecular formula is C22H15NO4. The summed E-state index contributed by atoms with van der Waals surface area (Å²) in [7, 11) is 1.33. The van der Waals surface area contributed by atoms with Gasteiger partial charge in [-0.05, 0) is 46.7 Å². The lowest BCUT2D eigenvalue weighted by Crippen LogP contribution is -2.05. The van der Waals surface area contributed by atoms with Gasteiger partial charge >= 0.3 is 11.9 Å². The number of ether oxygens (including phenoxy) is 2. The van der Waals surface area contributed by atoms with Crippen molar-refractivity contribution in [2.45, 2.75) is 0 Å². The number of cyclic esters (lactones) is 1. The topological polar surface area (TPSA) is 65.0 Å². The molecule has 0 fully saturated rings. The second kappa shape index (κ2) is 6.88. The van der Waals surface area contributed by atoms with Crippen molar-refractivity contribution in [3.63, 3.8) is 0 Å². The Balaban J connectivity index is 1.63. The van der Waals surface area contributed by atoms with Crippen LogP contribution in [0.25, 0.3) is 16.8 Å². The molecule has 1 aliphatic rings. The van der Waals surface area contributed by atoms with Gasteiger partial charge in [-0.2, -0.15) is 0 Å². The first kappa shape index (κ1) is 16.7. The molecule has 3 aromatic carbocycles. The van der Waals surface area contributed by atoms with E-state index in [-0.39, 0.29) is 11.6 Å². The van der Waals surface area contributed by atoms with Crippen molar-refractivity contribution >= 4 is 34.7 Å². The maximum absolute atomic E-state index is 12.2. The Bertz CT molecular complexity index is 1110. The zero-order valence-electron chi connectivity index (χ0n) is 14.5. The average molecular weight is 357 g/mol. The van der Waals surface area contributed by atoms with E-state index in [0.29, 0.717) is 5.56 Å². The standard InChI is InChI=1S/C22H15NO4/c1-26-21(24)16-8-6-14(7-9-16)12-19-22(25)27-20(23-19)18-11-10-15-4-2-3-5-17(15)13-18/h2-13H,1H3/b19-12+. The highest BCUT2D eigenvalue weighted by Gasteiger charge is 2.24. The van der Waals surface area contributed by atoms with Gasteiger partial charge in [0.25, 0.3) is 0 Å². The number of fused-ring (bicyclic) bond motifs is 1. The zero-order chi connectivity index (χ0) is 18.8. The van der Waals surface area contributed by atoms with E-state index >= 15 is 0 Å². The highest BCUT2D eigenvalue weighted by Crippen LogP contribution is 2.22. The number of hydrogen-bond acceptors (Lipinski definition) is 5. The summed E-state index contributed by atoms with van der Waals surface area (Å²) < 4.78 is 10.00. The maximum atomic E-state index is 12.2. The Morgan fingerprint density at radius 1 is 1.00 bits per heavy atom. The van der Waals surface area contributed by atoms with E-state index in [1.165, 1.54) is 7.11 Å². The minimum atomic E-state index is -0.504. The van der Waals surface area contributed by atoms with Crippen LogP contribution in [0.5, 0.6) is 0 Å². The number of carbonyl (C=O) groups is 2. The van der Waals surface area contributed by atoms with E-state index in [9.17, 15) is 9.59 Å². The minimum absolute atomic E-state index is 0.212. The molecule has 0 radical (unpaired) electrons. The van der Waals surface area contributed by atoms with E-state index in [1.54, 1.807) is 30.3 Å². The lowest BCUT2D eigenvalue weighted by molar-refractivity contribution is -0.129. The van der Waals surface area contributed by atoms with Crippen molar-refractivity contribution in [1.82, 2.24) is 0 Å². The van der Waals surface area contributed by atoms with Gasteiger partial charge in [0.15, 0.2) is 5.70 Å². The van der Waals surface area contributed by atoms with Gasteiger partial charge in [0.1, 0.15) is 0 Å². The average Bonchev–Trinajstić information content (AvgIpc) is 3.08. The predicted molar refractivity (Wildman–Crippen MR) is 102 cm³/mol. The molecule has 0 bridgehead atoms. The van der Waals surface area contributed by atoms with Crippen LogP contribution in [0.15, 0.2) is 77.4 Å². The highest BCUT2D eigenvalue weighted by atomic mass is 16.6. The monoisotopic (exact) mass is 357 g/mol. The fraction of sp³-hybridized carbons (Fsp3) is 0.0455. The highest BCUT2D eigenvalue weighted by molar-refractivity contribution is 6.13. The zero-order valence-corrected chi connectivity index (χ0v) is 14.5. The fourth-order valence-corrected chi connectivity index (χ4v) is 2.85. The number of hydrogen-bond donors (Lipinski definition) is 0. The molecule has 0 saturated carbocycles. The molecule has 132 valence electrons. The minimum Gasteiger partial charge on any atom is -0.465 e. The number of rotatable bonds is 3. The second-order valence-electron chi connectivity index (χ2n) is 6.01. The number of esters is 2. The number of benzene rings is 3. The van der Waals surface area contributed by atoms with Crippen LogP contribution in [0, 0.1) is 0 Å². The third kappa shape index (κ3) is 3.35. The Hall–Kier alpha value is -3.73. The van der Waals surface area contributed by atoms with Gasteiger partial charge in [-0.3, -0.25) is 0 Å². The number of nitrogens with zero attached hydrogens (tertiary/aromatic N) is 1. The number of methoxy groups -OCH3 is 1. The lowest BCUT2D eigenvalue weighted by atomic mass is 10.1.